The molecule has 0 spiro atoms. The molecule has 1 aromatic carbocycles. The lowest BCUT2D eigenvalue weighted by Gasteiger charge is -2.07. The van der Waals surface area contributed by atoms with Crippen LogP contribution in [0.15, 0.2) is 47.6 Å². The van der Waals surface area contributed by atoms with E-state index in [0.29, 0.717) is 5.88 Å². The van der Waals surface area contributed by atoms with Crippen molar-refractivity contribution in [3.8, 4) is 11.6 Å². The van der Waals surface area contributed by atoms with Crippen LogP contribution in [-0.4, -0.2) is 24.4 Å². The van der Waals surface area contributed by atoms with Crippen molar-refractivity contribution in [1.82, 2.24) is 4.98 Å². The Bertz CT molecular complexity index is 577. The number of rotatable bonds is 5. The van der Waals surface area contributed by atoms with Crippen molar-refractivity contribution in [2.45, 2.75) is 20.0 Å². The smallest absolute Gasteiger partial charge is 0.213 e. The summed E-state index contributed by atoms with van der Waals surface area (Å²) in [5, 5.41) is 0. The lowest BCUT2D eigenvalue weighted by Crippen LogP contribution is -2.06. The molecular weight excluding hydrogens is 252 g/mol. The SMILES string of the molecule is COc1cccc(N=Cc2ccc(OC(C)C)nc2)c1. The first-order valence-corrected chi connectivity index (χ1v) is 6.48. The molecule has 0 aliphatic heterocycles. The standard InChI is InChI=1S/C16H18N2O2/c1-12(2)20-16-8-7-13(11-18-16)10-17-14-5-4-6-15(9-14)19-3/h4-12H,1-3H3. The fraction of sp³-hybridized carbons (Fsp3) is 0.250. The summed E-state index contributed by atoms with van der Waals surface area (Å²) in [6.45, 7) is 3.94. The van der Waals surface area contributed by atoms with Crippen molar-refractivity contribution in [3.05, 3.63) is 48.2 Å². The molecule has 0 unspecified atom stereocenters. The summed E-state index contributed by atoms with van der Waals surface area (Å²) >= 11 is 0. The Kier molecular flexibility index (Phi) is 4.71. The van der Waals surface area contributed by atoms with Crippen molar-refractivity contribution >= 4 is 11.9 Å². The molecule has 104 valence electrons. The summed E-state index contributed by atoms with van der Waals surface area (Å²) in [5.74, 6) is 1.41. The molecule has 1 aromatic heterocycles. The first kappa shape index (κ1) is 14.1. The van der Waals surface area contributed by atoms with E-state index in [-0.39, 0.29) is 6.10 Å². The number of hydrogen-bond acceptors (Lipinski definition) is 4. The minimum Gasteiger partial charge on any atom is -0.497 e. The average Bonchev–Trinajstić information content (AvgIpc) is 2.46. The van der Waals surface area contributed by atoms with Gasteiger partial charge in [-0.1, -0.05) is 6.07 Å². The summed E-state index contributed by atoms with van der Waals surface area (Å²) in [7, 11) is 1.64. The zero-order valence-corrected chi connectivity index (χ0v) is 11.9. The van der Waals surface area contributed by atoms with Gasteiger partial charge in [-0.3, -0.25) is 4.99 Å². The zero-order valence-electron chi connectivity index (χ0n) is 11.9. The van der Waals surface area contributed by atoms with Gasteiger partial charge in [0.1, 0.15) is 5.75 Å². The number of pyridine rings is 1. The lowest BCUT2D eigenvalue weighted by atomic mass is 10.3. The van der Waals surface area contributed by atoms with E-state index >= 15 is 0 Å². The number of ether oxygens (including phenoxy) is 2. The number of methoxy groups -OCH3 is 1. The van der Waals surface area contributed by atoms with E-state index in [2.05, 4.69) is 9.98 Å². The van der Waals surface area contributed by atoms with E-state index in [4.69, 9.17) is 9.47 Å². The van der Waals surface area contributed by atoms with Crippen molar-refractivity contribution in [3.63, 3.8) is 0 Å². The molecule has 2 rings (SSSR count). The molecule has 2 aromatic rings. The Balaban J connectivity index is 2.07. The normalized spacial score (nSPS) is 11.0. The Morgan fingerprint density at radius 1 is 1.20 bits per heavy atom. The molecule has 0 aliphatic rings. The highest BCUT2D eigenvalue weighted by Gasteiger charge is 1.98. The number of benzene rings is 1. The minimum atomic E-state index is 0.124. The third-order valence-corrected chi connectivity index (χ3v) is 2.53. The highest BCUT2D eigenvalue weighted by atomic mass is 16.5. The van der Waals surface area contributed by atoms with Crippen molar-refractivity contribution in [1.29, 1.82) is 0 Å². The van der Waals surface area contributed by atoms with Crippen LogP contribution < -0.4 is 9.47 Å². The monoisotopic (exact) mass is 270 g/mol. The second kappa shape index (κ2) is 6.70. The van der Waals surface area contributed by atoms with Crippen molar-refractivity contribution in [2.75, 3.05) is 7.11 Å². The predicted molar refractivity (Wildman–Crippen MR) is 80.2 cm³/mol. The van der Waals surface area contributed by atoms with Gasteiger partial charge in [-0.2, -0.15) is 0 Å². The number of hydrogen-bond donors (Lipinski definition) is 0. The van der Waals surface area contributed by atoms with Gasteiger partial charge in [0.2, 0.25) is 5.88 Å². The molecule has 4 nitrogen and oxygen atoms in total. The molecule has 0 radical (unpaired) electrons. The molecule has 0 amide bonds. The van der Waals surface area contributed by atoms with Crippen LogP contribution in [0.4, 0.5) is 5.69 Å². The van der Waals surface area contributed by atoms with Crippen LogP contribution >= 0.6 is 0 Å². The van der Waals surface area contributed by atoms with Crippen LogP contribution in [0.3, 0.4) is 0 Å². The maximum atomic E-state index is 5.49. The second-order valence-electron chi connectivity index (χ2n) is 4.56. The molecule has 1 heterocycles. The highest BCUT2D eigenvalue weighted by molar-refractivity contribution is 5.81. The first-order valence-electron chi connectivity index (χ1n) is 6.48. The molecule has 0 atom stereocenters. The van der Waals surface area contributed by atoms with Gasteiger partial charge in [-0.15, -0.1) is 0 Å². The third kappa shape index (κ3) is 4.09. The summed E-state index contributed by atoms with van der Waals surface area (Å²) in [6.07, 6.45) is 3.63. The first-order chi connectivity index (χ1) is 9.67. The van der Waals surface area contributed by atoms with Gasteiger partial charge in [0, 0.05) is 30.1 Å². The summed E-state index contributed by atoms with van der Waals surface area (Å²) in [5.41, 5.74) is 1.76. The maximum Gasteiger partial charge on any atom is 0.213 e. The third-order valence-electron chi connectivity index (χ3n) is 2.53. The lowest BCUT2D eigenvalue weighted by molar-refractivity contribution is 0.232. The van der Waals surface area contributed by atoms with E-state index in [1.165, 1.54) is 0 Å². The summed E-state index contributed by atoms with van der Waals surface area (Å²) < 4.78 is 10.6. The Morgan fingerprint density at radius 2 is 2.05 bits per heavy atom. The number of nitrogens with zero attached hydrogens (tertiary/aromatic N) is 2. The van der Waals surface area contributed by atoms with Crippen LogP contribution in [0.2, 0.25) is 0 Å². The van der Waals surface area contributed by atoms with Crippen LogP contribution in [0.25, 0.3) is 0 Å². The fourth-order valence-electron chi connectivity index (χ4n) is 1.62. The second-order valence-corrected chi connectivity index (χ2v) is 4.56. The van der Waals surface area contributed by atoms with E-state index in [1.54, 1.807) is 19.5 Å². The predicted octanol–water partition coefficient (Wildman–Crippen LogP) is 3.63. The minimum absolute atomic E-state index is 0.124. The molecule has 4 heteroatoms. The highest BCUT2D eigenvalue weighted by Crippen LogP contribution is 2.19. The largest absolute Gasteiger partial charge is 0.497 e. The van der Waals surface area contributed by atoms with Gasteiger partial charge < -0.3 is 9.47 Å². The van der Waals surface area contributed by atoms with Crippen molar-refractivity contribution < 1.29 is 9.47 Å². The Morgan fingerprint density at radius 3 is 2.70 bits per heavy atom. The summed E-state index contributed by atoms with van der Waals surface area (Å²) in [6, 6.07) is 11.4. The molecule has 0 saturated heterocycles. The van der Waals surface area contributed by atoms with Gasteiger partial charge in [0.15, 0.2) is 0 Å². The maximum absolute atomic E-state index is 5.49. The summed E-state index contributed by atoms with van der Waals surface area (Å²) in [4.78, 5) is 8.62. The molecule has 0 aliphatic carbocycles. The Hall–Kier alpha value is -2.36. The van der Waals surface area contributed by atoms with Crippen molar-refractivity contribution in [2.24, 2.45) is 4.99 Å². The van der Waals surface area contributed by atoms with Gasteiger partial charge in [-0.05, 0) is 32.0 Å². The molecule has 20 heavy (non-hydrogen) atoms. The van der Waals surface area contributed by atoms with Crippen LogP contribution in [0, 0.1) is 0 Å². The zero-order chi connectivity index (χ0) is 14.4. The van der Waals surface area contributed by atoms with E-state index in [1.807, 2.05) is 50.2 Å². The van der Waals surface area contributed by atoms with E-state index in [9.17, 15) is 0 Å². The average molecular weight is 270 g/mol. The molecule has 0 fully saturated rings. The quantitative estimate of drug-likeness (QED) is 0.779. The van der Waals surface area contributed by atoms with Crippen LogP contribution in [0.5, 0.6) is 11.6 Å². The number of aliphatic imine (C=N–C) groups is 1. The Labute approximate surface area is 119 Å². The van der Waals surface area contributed by atoms with Gasteiger partial charge >= 0.3 is 0 Å². The van der Waals surface area contributed by atoms with E-state index < -0.39 is 0 Å². The van der Waals surface area contributed by atoms with Crippen LogP contribution in [-0.2, 0) is 0 Å². The molecule has 0 bridgehead atoms. The van der Waals surface area contributed by atoms with Crippen LogP contribution in [0.1, 0.15) is 19.4 Å². The fourth-order valence-corrected chi connectivity index (χ4v) is 1.62. The molecule has 0 saturated carbocycles. The number of aromatic nitrogens is 1. The molecular formula is C16H18N2O2. The topological polar surface area (TPSA) is 43.7 Å². The van der Waals surface area contributed by atoms with Gasteiger partial charge in [-0.25, -0.2) is 4.98 Å². The van der Waals surface area contributed by atoms with Gasteiger partial charge in [0.05, 0.1) is 18.9 Å². The van der Waals surface area contributed by atoms with E-state index in [0.717, 1.165) is 17.0 Å². The van der Waals surface area contributed by atoms with Gasteiger partial charge in [0.25, 0.3) is 0 Å². The molecule has 0 N–H and O–H groups in total.